The molecule has 0 bridgehead atoms. The first-order valence-electron chi connectivity index (χ1n) is 12.9. The minimum absolute atomic E-state index is 0.0777. The molecule has 0 aliphatic carbocycles. The lowest BCUT2D eigenvalue weighted by Gasteiger charge is -2.31. The van der Waals surface area contributed by atoms with Crippen LogP contribution in [0.1, 0.15) is 61.5 Å². The van der Waals surface area contributed by atoms with Gasteiger partial charge in [-0.25, -0.2) is 19.6 Å². The average Bonchev–Trinajstić information content (AvgIpc) is 3.34. The Morgan fingerprint density at radius 3 is 2.67 bits per heavy atom. The third-order valence-electron chi connectivity index (χ3n) is 6.89. The van der Waals surface area contributed by atoms with E-state index in [-0.39, 0.29) is 17.9 Å². The zero-order valence-corrected chi connectivity index (χ0v) is 22.2. The Morgan fingerprint density at radius 2 is 1.92 bits per heavy atom. The Morgan fingerprint density at radius 1 is 1.13 bits per heavy atom. The molecule has 1 aliphatic rings. The molecule has 5 rings (SSSR count). The number of anilines is 2. The van der Waals surface area contributed by atoms with Crippen LogP contribution < -0.4 is 11.1 Å². The number of benzene rings is 1. The molecule has 39 heavy (non-hydrogen) atoms. The highest BCUT2D eigenvalue weighted by Gasteiger charge is 2.28. The molecule has 0 spiro atoms. The molecule has 1 aliphatic heterocycles. The van der Waals surface area contributed by atoms with Crippen LogP contribution in [0.15, 0.2) is 48.9 Å². The van der Waals surface area contributed by atoms with E-state index >= 15 is 0 Å². The van der Waals surface area contributed by atoms with Crippen LogP contribution in [0, 0.1) is 11.8 Å². The van der Waals surface area contributed by atoms with Crippen molar-refractivity contribution in [3.8, 4) is 23.1 Å². The number of carbonyl (C=O) groups excluding carboxylic acids is 2. The fourth-order valence-electron chi connectivity index (χ4n) is 4.82. The second-order valence-electron chi connectivity index (χ2n) is 9.83. The van der Waals surface area contributed by atoms with Crippen molar-refractivity contribution in [2.75, 3.05) is 24.1 Å². The van der Waals surface area contributed by atoms with Crippen molar-refractivity contribution >= 4 is 34.5 Å². The predicted molar refractivity (Wildman–Crippen MR) is 150 cm³/mol. The molecular weight excluding hydrogens is 492 g/mol. The van der Waals surface area contributed by atoms with Crippen molar-refractivity contribution in [1.29, 1.82) is 0 Å². The molecule has 4 heterocycles. The van der Waals surface area contributed by atoms with Crippen molar-refractivity contribution in [2.24, 2.45) is 0 Å². The predicted octanol–water partition coefficient (Wildman–Crippen LogP) is 4.03. The number of hydrogen-bond donors (Lipinski definition) is 2. The molecule has 10 nitrogen and oxygen atoms in total. The van der Waals surface area contributed by atoms with Gasteiger partial charge in [0.25, 0.3) is 11.8 Å². The number of likely N-dealkylation sites (tertiary alicyclic amines) is 1. The van der Waals surface area contributed by atoms with E-state index in [1.165, 1.54) is 6.33 Å². The number of hydrogen-bond acceptors (Lipinski definition) is 7. The molecule has 3 N–H and O–H groups in total. The van der Waals surface area contributed by atoms with Gasteiger partial charge in [0.2, 0.25) is 0 Å². The summed E-state index contributed by atoms with van der Waals surface area (Å²) >= 11 is 0. The lowest BCUT2D eigenvalue weighted by molar-refractivity contribution is -0.126. The van der Waals surface area contributed by atoms with Crippen molar-refractivity contribution in [1.82, 2.24) is 29.6 Å². The fourth-order valence-corrected chi connectivity index (χ4v) is 4.82. The quantitative estimate of drug-likeness (QED) is 0.378. The highest BCUT2D eigenvalue weighted by molar-refractivity contribution is 6.04. The Bertz CT molecular complexity index is 1600. The van der Waals surface area contributed by atoms with E-state index in [1.54, 1.807) is 30.2 Å². The van der Waals surface area contributed by atoms with Crippen molar-refractivity contribution in [3.05, 3.63) is 60.0 Å². The lowest BCUT2D eigenvalue weighted by atomic mass is 10.0. The number of carbonyl (C=O) groups is 2. The molecular formula is C29H30N8O2. The maximum atomic E-state index is 12.9. The van der Waals surface area contributed by atoms with E-state index in [0.717, 1.165) is 24.0 Å². The van der Waals surface area contributed by atoms with E-state index in [9.17, 15) is 9.59 Å². The number of nitrogens with two attached hydrogens (primary N) is 1. The second-order valence-corrected chi connectivity index (χ2v) is 9.83. The molecule has 1 saturated heterocycles. The summed E-state index contributed by atoms with van der Waals surface area (Å²) in [5, 5.41) is 8.41. The molecule has 10 heteroatoms. The Balaban J connectivity index is 1.43. The summed E-state index contributed by atoms with van der Waals surface area (Å²) in [4.78, 5) is 40.0. The van der Waals surface area contributed by atoms with Gasteiger partial charge in [-0.1, -0.05) is 31.9 Å². The molecule has 0 unspecified atom stereocenters. The number of piperidine rings is 1. The number of pyridine rings is 1. The molecule has 4 aromatic rings. The number of fused-ring (bicyclic) bond motifs is 1. The third kappa shape index (κ3) is 5.29. The van der Waals surface area contributed by atoms with Crippen LogP contribution in [-0.2, 0) is 4.79 Å². The van der Waals surface area contributed by atoms with Crippen molar-refractivity contribution in [3.63, 3.8) is 0 Å². The van der Waals surface area contributed by atoms with Gasteiger partial charge in [-0.05, 0) is 61.4 Å². The van der Waals surface area contributed by atoms with Gasteiger partial charge >= 0.3 is 0 Å². The van der Waals surface area contributed by atoms with E-state index < -0.39 is 0 Å². The normalized spacial score (nSPS) is 15.2. The molecule has 0 radical (unpaired) electrons. The van der Waals surface area contributed by atoms with Crippen LogP contribution in [0.3, 0.4) is 0 Å². The molecule has 1 aromatic carbocycles. The first-order valence-corrected chi connectivity index (χ1v) is 12.9. The number of nitrogens with one attached hydrogen (secondary N) is 1. The van der Waals surface area contributed by atoms with Gasteiger partial charge in [-0.3, -0.25) is 9.59 Å². The summed E-state index contributed by atoms with van der Waals surface area (Å²) in [7, 11) is 0. The van der Waals surface area contributed by atoms with Gasteiger partial charge in [0.1, 0.15) is 23.7 Å². The van der Waals surface area contributed by atoms with Gasteiger partial charge in [0, 0.05) is 30.4 Å². The zero-order valence-electron chi connectivity index (χ0n) is 22.2. The largest absolute Gasteiger partial charge is 0.383 e. The summed E-state index contributed by atoms with van der Waals surface area (Å²) in [5.41, 5.74) is 9.88. The van der Waals surface area contributed by atoms with Gasteiger partial charge in [0.15, 0.2) is 5.65 Å². The topological polar surface area (TPSA) is 132 Å². The van der Waals surface area contributed by atoms with E-state index in [4.69, 9.17) is 10.8 Å². The van der Waals surface area contributed by atoms with Crippen LogP contribution >= 0.6 is 0 Å². The zero-order chi connectivity index (χ0) is 27.5. The third-order valence-corrected chi connectivity index (χ3v) is 6.89. The number of aromatic nitrogens is 5. The Labute approximate surface area is 226 Å². The highest BCUT2D eigenvalue weighted by atomic mass is 16.2. The SMILES string of the molecule is CC#CC(=O)N1CCC[C@@H](n2nc(-c3ccc(C(=O)Nc4cc(C(C)C)ccn4)cc3)c3c(N)ncnc32)C1. The van der Waals surface area contributed by atoms with Crippen LogP contribution in [0.4, 0.5) is 11.6 Å². The van der Waals surface area contributed by atoms with Crippen LogP contribution in [0.5, 0.6) is 0 Å². The number of nitrogen functional groups attached to an aromatic ring is 1. The maximum Gasteiger partial charge on any atom is 0.298 e. The molecule has 1 atom stereocenters. The van der Waals surface area contributed by atoms with Crippen LogP contribution in [0.25, 0.3) is 22.3 Å². The van der Waals surface area contributed by atoms with Gasteiger partial charge < -0.3 is 16.0 Å². The first kappa shape index (κ1) is 25.9. The standard InChI is InChI=1S/C29H30N8O2/c1-4-6-24(38)36-14-5-7-22(16-36)37-28-25(27(30)32-17-33-28)26(35-37)19-8-10-20(11-9-19)29(39)34-23-15-21(18(2)3)12-13-31-23/h8-13,15,17-18,22H,5,7,14,16H2,1-3H3,(H2,30,32,33)(H,31,34,39)/t22-/m1/s1. The summed E-state index contributed by atoms with van der Waals surface area (Å²) < 4.78 is 1.84. The monoisotopic (exact) mass is 522 g/mol. The second kappa shape index (κ2) is 10.9. The Kier molecular flexibility index (Phi) is 7.23. The molecule has 2 amide bonds. The molecule has 3 aromatic heterocycles. The minimum atomic E-state index is -0.254. The van der Waals surface area contributed by atoms with Crippen molar-refractivity contribution in [2.45, 2.75) is 45.6 Å². The van der Waals surface area contributed by atoms with Gasteiger partial charge in [-0.2, -0.15) is 5.10 Å². The number of rotatable bonds is 5. The van der Waals surface area contributed by atoms with Gasteiger partial charge in [-0.15, -0.1) is 0 Å². The van der Waals surface area contributed by atoms with E-state index in [1.807, 2.05) is 28.9 Å². The Hall–Kier alpha value is -4.78. The summed E-state index contributed by atoms with van der Waals surface area (Å²) in [5.74, 6) is 6.03. The molecule has 198 valence electrons. The smallest absolute Gasteiger partial charge is 0.298 e. The van der Waals surface area contributed by atoms with Gasteiger partial charge in [0.05, 0.1) is 11.4 Å². The van der Waals surface area contributed by atoms with Crippen LogP contribution in [0.2, 0.25) is 0 Å². The lowest BCUT2D eigenvalue weighted by Crippen LogP contribution is -2.40. The summed E-state index contributed by atoms with van der Waals surface area (Å²) in [6.45, 7) is 6.98. The minimum Gasteiger partial charge on any atom is -0.383 e. The average molecular weight is 523 g/mol. The van der Waals surface area contributed by atoms with Crippen LogP contribution in [-0.4, -0.2) is 54.5 Å². The first-order chi connectivity index (χ1) is 18.9. The highest BCUT2D eigenvalue weighted by Crippen LogP contribution is 2.34. The molecule has 0 saturated carbocycles. The maximum absolute atomic E-state index is 12.9. The number of nitrogens with zero attached hydrogens (tertiary/aromatic N) is 6. The van der Waals surface area contributed by atoms with E-state index in [0.29, 0.717) is 52.9 Å². The summed E-state index contributed by atoms with van der Waals surface area (Å²) in [6, 6.07) is 10.9. The number of amides is 2. The van der Waals surface area contributed by atoms with E-state index in [2.05, 4.69) is 46.0 Å². The summed E-state index contributed by atoms with van der Waals surface area (Å²) in [6.07, 6.45) is 4.79. The molecule has 1 fully saturated rings. The van der Waals surface area contributed by atoms with Crippen molar-refractivity contribution < 1.29 is 9.59 Å². The fraction of sp³-hybridized carbons (Fsp3) is 0.310.